The van der Waals surface area contributed by atoms with Crippen LogP contribution < -0.4 is 6.15 Å². The first-order chi connectivity index (χ1) is 4.61. The average Bonchev–Trinajstić information content (AvgIpc) is 1.88. The first-order valence-corrected chi connectivity index (χ1v) is 4.07. The Labute approximate surface area is 93.6 Å². The van der Waals surface area contributed by atoms with Gasteiger partial charge >= 0.3 is 29.6 Å². The third kappa shape index (κ3) is 4.20. The van der Waals surface area contributed by atoms with Crippen LogP contribution in [0.5, 0.6) is 0 Å². The monoisotopic (exact) mass is 199 g/mol. The van der Waals surface area contributed by atoms with Crippen LogP contribution >= 0.6 is 0 Å². The molecule has 0 saturated heterocycles. The number of hydrogen-bond donors (Lipinski definition) is 2. The van der Waals surface area contributed by atoms with Gasteiger partial charge in [-0.15, -0.1) is 0 Å². The summed E-state index contributed by atoms with van der Waals surface area (Å²) in [6, 6.07) is 7.42. The molecular formula is C6H10NNaO3S. The summed E-state index contributed by atoms with van der Waals surface area (Å²) < 4.78 is 29.2. The molecule has 12 heavy (non-hydrogen) atoms. The van der Waals surface area contributed by atoms with E-state index < -0.39 is 10.1 Å². The molecule has 0 fully saturated rings. The molecule has 1 aromatic rings. The zero-order valence-corrected chi connectivity index (χ0v) is 6.58. The van der Waals surface area contributed by atoms with E-state index in [2.05, 4.69) is 0 Å². The van der Waals surface area contributed by atoms with Gasteiger partial charge in [0.05, 0.1) is 4.90 Å². The maximum atomic E-state index is 10.4. The van der Waals surface area contributed by atoms with E-state index in [0.717, 1.165) is 0 Å². The summed E-state index contributed by atoms with van der Waals surface area (Å²) in [4.78, 5) is -0.0741. The minimum absolute atomic E-state index is 0. The molecule has 0 aromatic heterocycles. The SMILES string of the molecule is N.O=S(=O)(O)c1ccccc1.[NaH]. The van der Waals surface area contributed by atoms with Crippen molar-refractivity contribution >= 4 is 39.7 Å². The van der Waals surface area contributed by atoms with Crippen molar-refractivity contribution in [2.75, 3.05) is 0 Å². The second kappa shape index (κ2) is 5.69. The molecule has 4 N–H and O–H groups in total. The predicted octanol–water partition coefficient (Wildman–Crippen LogP) is 0.447. The van der Waals surface area contributed by atoms with Crippen molar-refractivity contribution in [2.24, 2.45) is 0 Å². The minimum atomic E-state index is -4.00. The van der Waals surface area contributed by atoms with Crippen LogP contribution in [0.4, 0.5) is 0 Å². The van der Waals surface area contributed by atoms with Gasteiger partial charge in [0.1, 0.15) is 0 Å². The van der Waals surface area contributed by atoms with Crippen LogP contribution in [0.25, 0.3) is 0 Å². The molecule has 64 valence electrons. The molecule has 0 heterocycles. The molecule has 0 aliphatic carbocycles. The van der Waals surface area contributed by atoms with E-state index >= 15 is 0 Å². The van der Waals surface area contributed by atoms with Crippen molar-refractivity contribution < 1.29 is 13.0 Å². The fraction of sp³-hybridized carbons (Fsp3) is 0. The Bertz CT molecular complexity index is 311. The van der Waals surface area contributed by atoms with Crippen molar-refractivity contribution in [3.05, 3.63) is 30.3 Å². The van der Waals surface area contributed by atoms with E-state index in [1.165, 1.54) is 12.1 Å². The Morgan fingerprint density at radius 2 is 1.50 bits per heavy atom. The van der Waals surface area contributed by atoms with Crippen molar-refractivity contribution in [3.63, 3.8) is 0 Å². The van der Waals surface area contributed by atoms with Crippen molar-refractivity contribution in [2.45, 2.75) is 4.90 Å². The van der Waals surface area contributed by atoms with E-state index in [4.69, 9.17) is 4.55 Å². The molecule has 6 heteroatoms. The van der Waals surface area contributed by atoms with Crippen LogP contribution in [-0.4, -0.2) is 42.5 Å². The molecule has 0 saturated carbocycles. The molecule has 4 nitrogen and oxygen atoms in total. The predicted molar refractivity (Wildman–Crippen MR) is 48.4 cm³/mol. The van der Waals surface area contributed by atoms with Crippen molar-refractivity contribution in [3.8, 4) is 0 Å². The van der Waals surface area contributed by atoms with Crippen molar-refractivity contribution in [1.82, 2.24) is 6.15 Å². The summed E-state index contributed by atoms with van der Waals surface area (Å²) in [6.45, 7) is 0. The van der Waals surface area contributed by atoms with Gasteiger partial charge < -0.3 is 6.15 Å². The molecule has 1 rings (SSSR count). The molecule has 0 atom stereocenters. The van der Waals surface area contributed by atoms with Gasteiger partial charge in [-0.1, -0.05) is 18.2 Å². The van der Waals surface area contributed by atoms with Crippen LogP contribution in [0.3, 0.4) is 0 Å². The van der Waals surface area contributed by atoms with Crippen molar-refractivity contribution in [1.29, 1.82) is 0 Å². The van der Waals surface area contributed by atoms with Crippen LogP contribution in [0.15, 0.2) is 35.2 Å². The van der Waals surface area contributed by atoms with Gasteiger partial charge in [0.15, 0.2) is 0 Å². The summed E-state index contributed by atoms with van der Waals surface area (Å²) in [5.74, 6) is 0. The Kier molecular flexibility index (Phi) is 6.92. The summed E-state index contributed by atoms with van der Waals surface area (Å²) in [5, 5.41) is 0. The Morgan fingerprint density at radius 1 is 1.08 bits per heavy atom. The van der Waals surface area contributed by atoms with Crippen LogP contribution in [-0.2, 0) is 10.1 Å². The molecule has 1 aromatic carbocycles. The van der Waals surface area contributed by atoms with Crippen LogP contribution in [0, 0.1) is 0 Å². The molecule has 0 amide bonds. The molecule has 0 radical (unpaired) electrons. The van der Waals surface area contributed by atoms with E-state index in [0.29, 0.717) is 0 Å². The number of rotatable bonds is 1. The molecular weight excluding hydrogens is 189 g/mol. The molecule has 0 unspecified atom stereocenters. The quantitative estimate of drug-likeness (QED) is 0.507. The third-order valence-electron chi connectivity index (χ3n) is 1.04. The molecule has 0 aliphatic heterocycles. The van der Waals surface area contributed by atoms with E-state index in [1.807, 2.05) is 0 Å². The van der Waals surface area contributed by atoms with Crippen LogP contribution in [0.2, 0.25) is 0 Å². The number of benzene rings is 1. The number of hydrogen-bond acceptors (Lipinski definition) is 3. The Hall–Kier alpha value is 0.0900. The first kappa shape index (κ1) is 14.6. The van der Waals surface area contributed by atoms with Gasteiger partial charge in [0, 0.05) is 0 Å². The normalized spacial score (nSPS) is 9.42. The second-order valence-corrected chi connectivity index (χ2v) is 3.21. The van der Waals surface area contributed by atoms with Gasteiger partial charge in [-0.25, -0.2) is 0 Å². The standard InChI is InChI=1S/C6H6O3S.H3N.Na.H/c7-10(8,9)6-4-2-1-3-5-6;;;/h1-5H,(H,7,8,9);1H3;;. The zero-order valence-electron chi connectivity index (χ0n) is 5.77. The van der Waals surface area contributed by atoms with Gasteiger partial charge in [-0.05, 0) is 12.1 Å². The zero-order chi connectivity index (χ0) is 7.61. The van der Waals surface area contributed by atoms with Crippen LogP contribution in [0.1, 0.15) is 0 Å². The summed E-state index contributed by atoms with van der Waals surface area (Å²) >= 11 is 0. The second-order valence-electron chi connectivity index (χ2n) is 1.79. The van der Waals surface area contributed by atoms with E-state index in [1.54, 1.807) is 18.2 Å². The Balaban J connectivity index is 0. The summed E-state index contributed by atoms with van der Waals surface area (Å²) in [7, 11) is -4.00. The summed E-state index contributed by atoms with van der Waals surface area (Å²) in [5.41, 5.74) is 0. The van der Waals surface area contributed by atoms with E-state index in [9.17, 15) is 8.42 Å². The van der Waals surface area contributed by atoms with Gasteiger partial charge in [0.25, 0.3) is 10.1 Å². The summed E-state index contributed by atoms with van der Waals surface area (Å²) in [6.07, 6.45) is 0. The van der Waals surface area contributed by atoms with Gasteiger partial charge in [0.2, 0.25) is 0 Å². The van der Waals surface area contributed by atoms with E-state index in [-0.39, 0.29) is 40.6 Å². The van der Waals surface area contributed by atoms with Gasteiger partial charge in [-0.2, -0.15) is 8.42 Å². The van der Waals surface area contributed by atoms with Gasteiger partial charge in [-0.3, -0.25) is 4.55 Å². The maximum absolute atomic E-state index is 10.4. The molecule has 0 aliphatic rings. The first-order valence-electron chi connectivity index (χ1n) is 2.63. The Morgan fingerprint density at radius 3 is 1.75 bits per heavy atom. The fourth-order valence-corrected chi connectivity index (χ4v) is 1.09. The third-order valence-corrected chi connectivity index (χ3v) is 1.91. The topological polar surface area (TPSA) is 89.4 Å². The molecule has 0 bridgehead atoms. The average molecular weight is 199 g/mol. The molecule has 0 spiro atoms. The fourth-order valence-electron chi connectivity index (χ4n) is 0.592.